The van der Waals surface area contributed by atoms with Gasteiger partial charge in [0.25, 0.3) is 0 Å². The predicted molar refractivity (Wildman–Crippen MR) is 117 cm³/mol. The van der Waals surface area contributed by atoms with Gasteiger partial charge in [0.05, 0.1) is 6.54 Å². The average Bonchev–Trinajstić information content (AvgIpc) is 3.17. The first-order valence-electron chi connectivity index (χ1n) is 9.59. The van der Waals surface area contributed by atoms with Crippen molar-refractivity contribution in [2.75, 3.05) is 6.61 Å². The molecule has 0 atom stereocenters. The molecule has 1 N–H and O–H groups in total. The number of aliphatic hydroxyl groups excluding tert-OH is 1. The van der Waals surface area contributed by atoms with Gasteiger partial charge in [0.1, 0.15) is 12.4 Å². The lowest BCUT2D eigenvalue weighted by Gasteiger charge is -2.07. The molecule has 0 aliphatic heterocycles. The summed E-state index contributed by atoms with van der Waals surface area (Å²) in [5.74, 6) is 1.17. The van der Waals surface area contributed by atoms with E-state index in [2.05, 4.69) is 12.1 Å². The van der Waals surface area contributed by atoms with Crippen LogP contribution in [0.25, 0.3) is 11.4 Å². The zero-order valence-electron chi connectivity index (χ0n) is 16.2. The standard InChI is InChI=1S/C24H20ClN3O2/c25-21-12-10-20(11-13-21)24-26-23(28(27-24)15-18-4-2-1-3-5-18)14-17-6-8-19(9-7-17)22(30)16-29/h1-13,29H,14-16H2. The number of halogens is 1. The largest absolute Gasteiger partial charge is 0.388 e. The minimum absolute atomic E-state index is 0.293. The highest BCUT2D eigenvalue weighted by Crippen LogP contribution is 2.21. The fraction of sp³-hybridized carbons (Fsp3) is 0.125. The number of aliphatic hydroxyl groups is 1. The Balaban J connectivity index is 1.65. The minimum atomic E-state index is -0.491. The second kappa shape index (κ2) is 9.03. The second-order valence-corrected chi connectivity index (χ2v) is 7.39. The zero-order chi connectivity index (χ0) is 20.9. The maximum Gasteiger partial charge on any atom is 0.188 e. The maximum absolute atomic E-state index is 11.6. The molecular weight excluding hydrogens is 398 g/mol. The normalized spacial score (nSPS) is 10.9. The maximum atomic E-state index is 11.6. The van der Waals surface area contributed by atoms with E-state index in [0.717, 1.165) is 22.5 Å². The number of Topliss-reactive ketones (excluding diaryl/α,β-unsaturated/α-hetero) is 1. The lowest BCUT2D eigenvalue weighted by Crippen LogP contribution is -2.08. The molecule has 4 rings (SSSR count). The molecule has 0 unspecified atom stereocenters. The van der Waals surface area contributed by atoms with Gasteiger partial charge in [-0.2, -0.15) is 5.10 Å². The van der Waals surface area contributed by atoms with Gasteiger partial charge in [-0.25, -0.2) is 9.67 Å². The second-order valence-electron chi connectivity index (χ2n) is 6.96. The fourth-order valence-electron chi connectivity index (χ4n) is 3.19. The number of benzene rings is 3. The van der Waals surface area contributed by atoms with Crippen molar-refractivity contribution >= 4 is 17.4 Å². The summed E-state index contributed by atoms with van der Waals surface area (Å²) in [6, 6.07) is 24.8. The third-order valence-electron chi connectivity index (χ3n) is 4.81. The van der Waals surface area contributed by atoms with E-state index in [1.807, 2.05) is 59.3 Å². The van der Waals surface area contributed by atoms with Crippen LogP contribution in [0.4, 0.5) is 0 Å². The molecule has 0 fully saturated rings. The predicted octanol–water partition coefficient (Wildman–Crippen LogP) is 4.41. The molecule has 5 nitrogen and oxygen atoms in total. The summed E-state index contributed by atoms with van der Waals surface area (Å²) in [6.07, 6.45) is 0.570. The van der Waals surface area contributed by atoms with Crippen LogP contribution < -0.4 is 0 Å². The Hall–Kier alpha value is -3.28. The van der Waals surface area contributed by atoms with Crippen LogP contribution in [0.1, 0.15) is 27.3 Å². The van der Waals surface area contributed by atoms with Gasteiger partial charge < -0.3 is 5.11 Å². The molecule has 4 aromatic rings. The van der Waals surface area contributed by atoms with Crippen LogP contribution in [0, 0.1) is 0 Å². The highest BCUT2D eigenvalue weighted by atomic mass is 35.5. The van der Waals surface area contributed by atoms with Gasteiger partial charge in [-0.1, -0.05) is 66.2 Å². The highest BCUT2D eigenvalue weighted by Gasteiger charge is 2.13. The Morgan fingerprint density at radius 1 is 0.900 bits per heavy atom. The van der Waals surface area contributed by atoms with E-state index in [0.29, 0.717) is 29.4 Å². The van der Waals surface area contributed by atoms with E-state index in [4.69, 9.17) is 26.8 Å². The van der Waals surface area contributed by atoms with Crippen LogP contribution in [0.2, 0.25) is 5.02 Å². The monoisotopic (exact) mass is 417 g/mol. The summed E-state index contributed by atoms with van der Waals surface area (Å²) in [5, 5.41) is 14.4. The SMILES string of the molecule is O=C(CO)c1ccc(Cc2nc(-c3ccc(Cl)cc3)nn2Cc2ccccc2)cc1. The molecule has 0 aliphatic carbocycles. The molecule has 30 heavy (non-hydrogen) atoms. The summed E-state index contributed by atoms with van der Waals surface area (Å²) in [6.45, 7) is 0.118. The highest BCUT2D eigenvalue weighted by molar-refractivity contribution is 6.30. The third kappa shape index (κ3) is 4.64. The summed E-state index contributed by atoms with van der Waals surface area (Å²) in [5.41, 5.74) is 3.54. The zero-order valence-corrected chi connectivity index (χ0v) is 17.0. The van der Waals surface area contributed by atoms with Crippen LogP contribution in [0.3, 0.4) is 0 Å². The number of hydrogen-bond acceptors (Lipinski definition) is 4. The number of nitrogens with zero attached hydrogens (tertiary/aromatic N) is 3. The molecule has 6 heteroatoms. The third-order valence-corrected chi connectivity index (χ3v) is 5.06. The van der Waals surface area contributed by atoms with Crippen molar-refractivity contribution in [3.8, 4) is 11.4 Å². The topological polar surface area (TPSA) is 68.0 Å². The van der Waals surface area contributed by atoms with E-state index in [9.17, 15) is 4.79 Å². The molecule has 0 bridgehead atoms. The summed E-state index contributed by atoms with van der Waals surface area (Å²) >= 11 is 6.01. The lowest BCUT2D eigenvalue weighted by atomic mass is 10.1. The van der Waals surface area contributed by atoms with E-state index < -0.39 is 6.61 Å². The van der Waals surface area contributed by atoms with Crippen molar-refractivity contribution in [2.24, 2.45) is 0 Å². The van der Waals surface area contributed by atoms with Crippen molar-refractivity contribution < 1.29 is 9.90 Å². The van der Waals surface area contributed by atoms with Gasteiger partial charge in [0.2, 0.25) is 0 Å². The Kier molecular flexibility index (Phi) is 6.02. The number of carbonyl (C=O) groups is 1. The van der Waals surface area contributed by atoms with Gasteiger partial charge in [-0.3, -0.25) is 4.79 Å². The van der Waals surface area contributed by atoms with E-state index in [1.54, 1.807) is 12.1 Å². The van der Waals surface area contributed by atoms with Crippen molar-refractivity contribution in [3.05, 3.63) is 106 Å². The molecule has 1 aromatic heterocycles. The molecule has 0 spiro atoms. The van der Waals surface area contributed by atoms with Crippen LogP contribution >= 0.6 is 11.6 Å². The Morgan fingerprint density at radius 3 is 2.27 bits per heavy atom. The number of rotatable bonds is 7. The van der Waals surface area contributed by atoms with Gasteiger partial charge in [-0.15, -0.1) is 0 Å². The Bertz CT molecular complexity index is 1140. The van der Waals surface area contributed by atoms with Crippen molar-refractivity contribution in [1.82, 2.24) is 14.8 Å². The number of hydrogen-bond donors (Lipinski definition) is 1. The van der Waals surface area contributed by atoms with Crippen molar-refractivity contribution in [2.45, 2.75) is 13.0 Å². The van der Waals surface area contributed by atoms with E-state index in [-0.39, 0.29) is 5.78 Å². The molecule has 1 heterocycles. The first-order chi connectivity index (χ1) is 14.6. The summed E-state index contributed by atoms with van der Waals surface area (Å²) in [7, 11) is 0. The average molecular weight is 418 g/mol. The van der Waals surface area contributed by atoms with Crippen LogP contribution in [0.5, 0.6) is 0 Å². The Morgan fingerprint density at radius 2 is 1.60 bits per heavy atom. The summed E-state index contributed by atoms with van der Waals surface area (Å²) in [4.78, 5) is 16.4. The van der Waals surface area contributed by atoms with Gasteiger partial charge in [0, 0.05) is 22.6 Å². The van der Waals surface area contributed by atoms with Crippen LogP contribution in [-0.2, 0) is 13.0 Å². The molecule has 0 saturated carbocycles. The molecular formula is C24H20ClN3O2. The van der Waals surface area contributed by atoms with Gasteiger partial charge in [0.15, 0.2) is 11.6 Å². The number of ketones is 1. The van der Waals surface area contributed by atoms with E-state index in [1.165, 1.54) is 0 Å². The van der Waals surface area contributed by atoms with Crippen molar-refractivity contribution in [3.63, 3.8) is 0 Å². The van der Waals surface area contributed by atoms with Crippen LogP contribution in [-0.4, -0.2) is 32.3 Å². The molecule has 0 amide bonds. The van der Waals surface area contributed by atoms with E-state index >= 15 is 0 Å². The molecule has 0 aliphatic rings. The number of carbonyl (C=O) groups excluding carboxylic acids is 1. The fourth-order valence-corrected chi connectivity index (χ4v) is 3.32. The summed E-state index contributed by atoms with van der Waals surface area (Å²) < 4.78 is 1.91. The number of aromatic nitrogens is 3. The minimum Gasteiger partial charge on any atom is -0.388 e. The first-order valence-corrected chi connectivity index (χ1v) is 9.97. The van der Waals surface area contributed by atoms with Crippen molar-refractivity contribution in [1.29, 1.82) is 0 Å². The molecule has 0 saturated heterocycles. The van der Waals surface area contributed by atoms with Crippen LogP contribution in [0.15, 0.2) is 78.9 Å². The smallest absolute Gasteiger partial charge is 0.188 e. The molecule has 3 aromatic carbocycles. The lowest BCUT2D eigenvalue weighted by molar-refractivity contribution is 0.0903. The molecule has 150 valence electrons. The molecule has 0 radical (unpaired) electrons. The Labute approximate surface area is 179 Å². The van der Waals surface area contributed by atoms with Gasteiger partial charge in [-0.05, 0) is 35.4 Å². The quantitative estimate of drug-likeness (QED) is 0.452. The van der Waals surface area contributed by atoms with Gasteiger partial charge >= 0.3 is 0 Å². The first kappa shape index (κ1) is 20.0.